The highest BCUT2D eigenvalue weighted by molar-refractivity contribution is 5.98. The number of aromatic nitrogens is 1. The molecule has 1 N–H and O–H groups in total. The molecule has 0 spiro atoms. The number of amides is 1. The molecule has 2 heterocycles. The summed E-state index contributed by atoms with van der Waals surface area (Å²) in [5.41, 5.74) is 1.25. The van der Waals surface area contributed by atoms with E-state index in [1.807, 2.05) is 13.0 Å². The third-order valence-electron chi connectivity index (χ3n) is 3.87. The number of ether oxygens (including phenoxy) is 1. The highest BCUT2D eigenvalue weighted by Gasteiger charge is 2.51. The van der Waals surface area contributed by atoms with E-state index < -0.39 is 5.60 Å². The summed E-state index contributed by atoms with van der Waals surface area (Å²) >= 11 is 0. The molecule has 2 unspecified atom stereocenters. The van der Waals surface area contributed by atoms with Crippen LogP contribution in [0.3, 0.4) is 0 Å². The minimum atomic E-state index is -0.563. The lowest BCUT2D eigenvalue weighted by Crippen LogP contribution is -2.41. The number of aryl methyl sites for hydroxylation is 1. The van der Waals surface area contributed by atoms with E-state index in [0.717, 1.165) is 37.1 Å². The molecule has 1 amide bonds. The van der Waals surface area contributed by atoms with E-state index in [4.69, 9.17) is 4.74 Å². The van der Waals surface area contributed by atoms with Gasteiger partial charge in [0.15, 0.2) is 0 Å². The fraction of sp³-hybridized carbons (Fsp3) is 0.538. The van der Waals surface area contributed by atoms with Crippen molar-refractivity contribution < 1.29 is 9.53 Å². The van der Waals surface area contributed by atoms with Crippen LogP contribution in [0.15, 0.2) is 18.5 Å². The minimum Gasteiger partial charge on any atom is -0.365 e. The number of hydrogen-bond donors (Lipinski definition) is 1. The van der Waals surface area contributed by atoms with Gasteiger partial charge in [0.2, 0.25) is 0 Å². The molecule has 2 atom stereocenters. The molecule has 0 radical (unpaired) electrons. The summed E-state index contributed by atoms with van der Waals surface area (Å²) in [4.78, 5) is 16.3. The van der Waals surface area contributed by atoms with Crippen molar-refractivity contribution in [2.45, 2.75) is 31.8 Å². The molecule has 2 aliphatic rings. The number of nitrogens with zero attached hydrogens (tertiary/aromatic N) is 1. The lowest BCUT2D eigenvalue weighted by atomic mass is 10.0. The van der Waals surface area contributed by atoms with Crippen LogP contribution in [0.25, 0.3) is 0 Å². The molecule has 1 saturated heterocycles. The van der Waals surface area contributed by atoms with E-state index in [9.17, 15) is 4.79 Å². The first-order valence-corrected chi connectivity index (χ1v) is 6.06. The van der Waals surface area contributed by atoms with Crippen molar-refractivity contribution in [1.29, 1.82) is 0 Å². The molecule has 90 valence electrons. The van der Waals surface area contributed by atoms with Crippen LogP contribution in [0, 0.1) is 12.8 Å². The van der Waals surface area contributed by atoms with Gasteiger partial charge in [-0.15, -0.1) is 0 Å². The first kappa shape index (κ1) is 10.7. The number of fused-ring (bicyclic) bond motifs is 2. The van der Waals surface area contributed by atoms with Gasteiger partial charge in [-0.2, -0.15) is 0 Å². The van der Waals surface area contributed by atoms with E-state index in [-0.39, 0.29) is 5.91 Å². The van der Waals surface area contributed by atoms with Gasteiger partial charge in [-0.1, -0.05) is 0 Å². The zero-order valence-corrected chi connectivity index (χ0v) is 9.90. The zero-order chi connectivity index (χ0) is 11.9. The second-order valence-electron chi connectivity index (χ2n) is 5.06. The van der Waals surface area contributed by atoms with Crippen LogP contribution >= 0.6 is 0 Å². The lowest BCUT2D eigenvalue weighted by molar-refractivity contribution is -0.137. The van der Waals surface area contributed by atoms with Crippen molar-refractivity contribution >= 4 is 11.6 Å². The first-order chi connectivity index (χ1) is 8.20. The van der Waals surface area contributed by atoms with Gasteiger partial charge in [-0.3, -0.25) is 9.78 Å². The molecule has 1 saturated carbocycles. The maximum absolute atomic E-state index is 12.3. The first-order valence-electron chi connectivity index (χ1n) is 6.06. The Bertz CT molecular complexity index is 450. The molecule has 1 aromatic heterocycles. The maximum atomic E-state index is 12.3. The smallest absolute Gasteiger partial charge is 0.256 e. The topological polar surface area (TPSA) is 51.2 Å². The molecule has 0 aromatic carbocycles. The van der Waals surface area contributed by atoms with E-state index in [1.165, 1.54) is 0 Å². The summed E-state index contributed by atoms with van der Waals surface area (Å²) in [6, 6.07) is 1.89. The fourth-order valence-electron chi connectivity index (χ4n) is 2.76. The number of nitrogens with one attached hydrogen (secondary N) is 1. The summed E-state index contributed by atoms with van der Waals surface area (Å²) in [7, 11) is 0. The molecule has 1 aliphatic carbocycles. The monoisotopic (exact) mass is 232 g/mol. The Hall–Kier alpha value is -1.42. The van der Waals surface area contributed by atoms with Crippen molar-refractivity contribution in [3.63, 3.8) is 0 Å². The Kier molecular flexibility index (Phi) is 2.40. The Morgan fingerprint density at radius 3 is 3.12 bits per heavy atom. The number of rotatable bonds is 2. The quantitative estimate of drug-likeness (QED) is 0.847. The van der Waals surface area contributed by atoms with E-state index in [1.54, 1.807) is 12.4 Å². The van der Waals surface area contributed by atoms with Gasteiger partial charge < -0.3 is 10.1 Å². The van der Waals surface area contributed by atoms with Gasteiger partial charge in [-0.25, -0.2) is 0 Å². The van der Waals surface area contributed by atoms with Crippen LogP contribution in [0.2, 0.25) is 0 Å². The molecule has 3 rings (SSSR count). The van der Waals surface area contributed by atoms with Crippen molar-refractivity contribution in [1.82, 2.24) is 4.98 Å². The van der Waals surface area contributed by atoms with Gasteiger partial charge in [0.25, 0.3) is 5.91 Å². The Morgan fingerprint density at radius 2 is 2.53 bits per heavy atom. The number of carbonyl (C=O) groups excluding carboxylic acids is 1. The summed E-state index contributed by atoms with van der Waals surface area (Å²) in [6.07, 6.45) is 6.24. The summed E-state index contributed by atoms with van der Waals surface area (Å²) in [5.74, 6) is 0.573. The molecule has 4 nitrogen and oxygen atoms in total. The standard InChI is InChI=1S/C13H16N2O2/c1-9-3-5-14-7-11(9)15-12(16)13-4-2-10(6-13)8-17-13/h3,5,7,10H,2,4,6,8H2,1H3,(H,15,16). The number of pyridine rings is 1. The Morgan fingerprint density at radius 1 is 1.65 bits per heavy atom. The van der Waals surface area contributed by atoms with Gasteiger partial charge in [0.05, 0.1) is 18.5 Å². The van der Waals surface area contributed by atoms with Crippen LogP contribution in [0.4, 0.5) is 5.69 Å². The predicted octanol–water partition coefficient (Wildman–Crippen LogP) is 1.90. The van der Waals surface area contributed by atoms with Crippen molar-refractivity contribution in [3.8, 4) is 0 Å². The minimum absolute atomic E-state index is 0.00593. The number of hydrogen-bond acceptors (Lipinski definition) is 3. The van der Waals surface area contributed by atoms with Crippen molar-refractivity contribution in [2.75, 3.05) is 11.9 Å². The third-order valence-corrected chi connectivity index (χ3v) is 3.87. The summed E-state index contributed by atoms with van der Waals surface area (Å²) in [6.45, 7) is 2.70. The van der Waals surface area contributed by atoms with Crippen LogP contribution in [0.5, 0.6) is 0 Å². The number of anilines is 1. The average Bonchev–Trinajstić information content (AvgIpc) is 2.93. The molecule has 4 heteroatoms. The van der Waals surface area contributed by atoms with Crippen LogP contribution in [-0.2, 0) is 9.53 Å². The Balaban J connectivity index is 1.78. The van der Waals surface area contributed by atoms with Gasteiger partial charge in [-0.05, 0) is 43.7 Å². The van der Waals surface area contributed by atoms with Crippen LogP contribution < -0.4 is 5.32 Å². The van der Waals surface area contributed by atoms with Crippen LogP contribution in [-0.4, -0.2) is 23.1 Å². The highest BCUT2D eigenvalue weighted by atomic mass is 16.5. The normalized spacial score (nSPS) is 30.5. The van der Waals surface area contributed by atoms with E-state index in [2.05, 4.69) is 10.3 Å². The van der Waals surface area contributed by atoms with E-state index >= 15 is 0 Å². The molecule has 1 aliphatic heterocycles. The second-order valence-corrected chi connectivity index (χ2v) is 5.06. The van der Waals surface area contributed by atoms with Crippen molar-refractivity contribution in [3.05, 3.63) is 24.0 Å². The molecule has 2 fully saturated rings. The molecule has 2 bridgehead atoms. The van der Waals surface area contributed by atoms with Gasteiger partial charge in [0, 0.05) is 6.20 Å². The second kappa shape index (κ2) is 3.81. The third kappa shape index (κ3) is 1.72. The van der Waals surface area contributed by atoms with Gasteiger partial charge in [0.1, 0.15) is 5.60 Å². The number of carbonyl (C=O) groups is 1. The summed E-state index contributed by atoms with van der Waals surface area (Å²) in [5, 5.41) is 2.94. The largest absolute Gasteiger partial charge is 0.365 e. The molecule has 1 aromatic rings. The van der Waals surface area contributed by atoms with E-state index in [0.29, 0.717) is 5.92 Å². The van der Waals surface area contributed by atoms with Crippen molar-refractivity contribution in [2.24, 2.45) is 5.92 Å². The molecule has 17 heavy (non-hydrogen) atoms. The summed E-state index contributed by atoms with van der Waals surface area (Å²) < 4.78 is 5.68. The highest BCUT2D eigenvalue weighted by Crippen LogP contribution is 2.44. The molecular formula is C13H16N2O2. The van der Waals surface area contributed by atoms with Crippen LogP contribution in [0.1, 0.15) is 24.8 Å². The fourth-order valence-corrected chi connectivity index (χ4v) is 2.76. The zero-order valence-electron chi connectivity index (χ0n) is 9.90. The predicted molar refractivity (Wildman–Crippen MR) is 63.6 cm³/mol. The molecular weight excluding hydrogens is 216 g/mol. The SMILES string of the molecule is Cc1ccncc1NC(=O)C12CCC(CO1)C2. The van der Waals surface area contributed by atoms with Gasteiger partial charge >= 0.3 is 0 Å². The average molecular weight is 232 g/mol. The lowest BCUT2D eigenvalue weighted by Gasteiger charge is -2.25. The Labute approximate surface area is 100 Å². The maximum Gasteiger partial charge on any atom is 0.256 e.